The molecule has 1 saturated heterocycles. The number of aryl methyl sites for hydroxylation is 1. The third kappa shape index (κ3) is 4.24. The van der Waals surface area contributed by atoms with Gasteiger partial charge in [0, 0.05) is 19.0 Å². The number of aliphatic carboxylic acids is 1. The second kappa shape index (κ2) is 8.55. The summed E-state index contributed by atoms with van der Waals surface area (Å²) in [5, 5.41) is 9.87. The van der Waals surface area contributed by atoms with E-state index in [-0.39, 0.29) is 17.6 Å². The lowest BCUT2D eigenvalue weighted by atomic mass is 9.72. The molecule has 1 atom stereocenters. The Morgan fingerprint density at radius 3 is 2.39 bits per heavy atom. The van der Waals surface area contributed by atoms with E-state index >= 15 is 0 Å². The zero-order valence-electron chi connectivity index (χ0n) is 16.1. The lowest BCUT2D eigenvalue weighted by Crippen LogP contribution is -2.50. The van der Waals surface area contributed by atoms with Gasteiger partial charge in [0.1, 0.15) is 5.82 Å². The van der Waals surface area contributed by atoms with Crippen molar-refractivity contribution in [1.82, 2.24) is 4.90 Å². The number of halogens is 1. The average Bonchev–Trinajstić information content (AvgIpc) is 2.72. The van der Waals surface area contributed by atoms with Gasteiger partial charge in [-0.2, -0.15) is 0 Å². The summed E-state index contributed by atoms with van der Waals surface area (Å²) in [4.78, 5) is 26.6. The fourth-order valence-corrected chi connectivity index (χ4v) is 4.00. The monoisotopic (exact) mass is 383 g/mol. The minimum atomic E-state index is -0.928. The largest absolute Gasteiger partial charge is 0.481 e. The van der Waals surface area contributed by atoms with Crippen LogP contribution in [0.25, 0.3) is 0 Å². The van der Waals surface area contributed by atoms with Crippen LogP contribution in [0, 0.1) is 11.7 Å². The van der Waals surface area contributed by atoms with Crippen LogP contribution in [0.15, 0.2) is 54.6 Å². The van der Waals surface area contributed by atoms with Gasteiger partial charge in [0.2, 0.25) is 5.91 Å². The predicted octanol–water partition coefficient (Wildman–Crippen LogP) is 4.04. The maximum Gasteiger partial charge on any atom is 0.314 e. The Labute approximate surface area is 165 Å². The van der Waals surface area contributed by atoms with Crippen molar-refractivity contribution in [1.29, 1.82) is 0 Å². The second-order valence-electron chi connectivity index (χ2n) is 7.65. The summed E-state index contributed by atoms with van der Waals surface area (Å²) in [6.45, 7) is 2.76. The van der Waals surface area contributed by atoms with Crippen molar-refractivity contribution in [3.8, 4) is 0 Å². The minimum absolute atomic E-state index is 0.0449. The SMILES string of the molecule is CC(CCc1cccc(F)c1)C(=O)N1CCC(C(=O)O)(c2ccccc2)CC1. The molecule has 0 aliphatic carbocycles. The molecule has 5 heteroatoms. The maximum atomic E-state index is 13.3. The van der Waals surface area contributed by atoms with E-state index in [1.807, 2.05) is 43.3 Å². The molecule has 1 heterocycles. The van der Waals surface area contributed by atoms with Crippen molar-refractivity contribution >= 4 is 11.9 Å². The molecule has 1 fully saturated rings. The molecule has 148 valence electrons. The number of hydrogen-bond donors (Lipinski definition) is 1. The number of nitrogens with zero attached hydrogens (tertiary/aromatic N) is 1. The van der Waals surface area contributed by atoms with Gasteiger partial charge >= 0.3 is 5.97 Å². The van der Waals surface area contributed by atoms with E-state index in [1.54, 1.807) is 11.0 Å². The lowest BCUT2D eigenvalue weighted by Gasteiger charge is -2.40. The van der Waals surface area contributed by atoms with Crippen LogP contribution in [0.2, 0.25) is 0 Å². The number of likely N-dealkylation sites (tertiary alicyclic amines) is 1. The maximum absolute atomic E-state index is 13.3. The smallest absolute Gasteiger partial charge is 0.314 e. The first-order valence-corrected chi connectivity index (χ1v) is 9.74. The number of piperidine rings is 1. The van der Waals surface area contributed by atoms with Crippen LogP contribution in [-0.4, -0.2) is 35.0 Å². The van der Waals surface area contributed by atoms with Crippen LogP contribution in [0.3, 0.4) is 0 Å². The highest BCUT2D eigenvalue weighted by molar-refractivity contribution is 5.83. The van der Waals surface area contributed by atoms with Gasteiger partial charge in [-0.3, -0.25) is 9.59 Å². The number of carbonyl (C=O) groups excluding carboxylic acids is 1. The Hall–Kier alpha value is -2.69. The van der Waals surface area contributed by atoms with Gasteiger partial charge in [-0.1, -0.05) is 49.4 Å². The van der Waals surface area contributed by atoms with Crippen LogP contribution in [0.1, 0.15) is 37.3 Å². The zero-order chi connectivity index (χ0) is 20.1. The first-order chi connectivity index (χ1) is 13.4. The van der Waals surface area contributed by atoms with Crippen LogP contribution in [0.5, 0.6) is 0 Å². The topological polar surface area (TPSA) is 57.6 Å². The van der Waals surface area contributed by atoms with Gasteiger partial charge in [0.05, 0.1) is 5.41 Å². The fourth-order valence-electron chi connectivity index (χ4n) is 4.00. The second-order valence-corrected chi connectivity index (χ2v) is 7.65. The molecule has 0 radical (unpaired) electrons. The molecule has 1 N–H and O–H groups in total. The molecule has 4 nitrogen and oxygen atoms in total. The lowest BCUT2D eigenvalue weighted by molar-refractivity contribution is -0.149. The van der Waals surface area contributed by atoms with Crippen molar-refractivity contribution in [3.05, 3.63) is 71.5 Å². The Morgan fingerprint density at radius 1 is 1.11 bits per heavy atom. The van der Waals surface area contributed by atoms with Gasteiger partial charge in [-0.15, -0.1) is 0 Å². The van der Waals surface area contributed by atoms with Gasteiger partial charge in [0.15, 0.2) is 0 Å². The Bertz CT molecular complexity index is 829. The van der Waals surface area contributed by atoms with Crippen LogP contribution in [0.4, 0.5) is 4.39 Å². The van der Waals surface area contributed by atoms with E-state index in [4.69, 9.17) is 0 Å². The standard InChI is InChI=1S/C23H26FNO3/c1-17(10-11-18-6-5-9-20(24)16-18)21(26)25-14-12-23(13-15-25,22(27)28)19-7-3-2-4-8-19/h2-9,16-17H,10-15H2,1H3,(H,27,28). The highest BCUT2D eigenvalue weighted by atomic mass is 19.1. The third-order valence-corrected chi connectivity index (χ3v) is 5.84. The van der Waals surface area contributed by atoms with Crippen molar-refractivity contribution in [2.75, 3.05) is 13.1 Å². The zero-order valence-corrected chi connectivity index (χ0v) is 16.1. The minimum Gasteiger partial charge on any atom is -0.481 e. The predicted molar refractivity (Wildman–Crippen MR) is 105 cm³/mol. The molecule has 3 rings (SSSR count). The summed E-state index contributed by atoms with van der Waals surface area (Å²) < 4.78 is 13.3. The Kier molecular flexibility index (Phi) is 6.12. The van der Waals surface area contributed by atoms with E-state index in [0.717, 1.165) is 11.1 Å². The Balaban J connectivity index is 1.60. The fraction of sp³-hybridized carbons (Fsp3) is 0.391. The van der Waals surface area contributed by atoms with Crippen molar-refractivity contribution < 1.29 is 19.1 Å². The van der Waals surface area contributed by atoms with Gasteiger partial charge in [0.25, 0.3) is 0 Å². The number of amides is 1. The first kappa shape index (κ1) is 20.1. The third-order valence-electron chi connectivity index (χ3n) is 5.84. The molecule has 1 amide bonds. The molecule has 1 aliphatic rings. The number of rotatable bonds is 6. The summed E-state index contributed by atoms with van der Waals surface area (Å²) in [7, 11) is 0. The van der Waals surface area contributed by atoms with Crippen molar-refractivity contribution in [3.63, 3.8) is 0 Å². The molecule has 0 saturated carbocycles. The molecular weight excluding hydrogens is 357 g/mol. The van der Waals surface area contributed by atoms with E-state index in [0.29, 0.717) is 38.8 Å². The summed E-state index contributed by atoms with van der Waals surface area (Å²) in [6, 6.07) is 15.7. The van der Waals surface area contributed by atoms with Crippen LogP contribution in [-0.2, 0) is 21.4 Å². The number of carboxylic acid groups (broad SMARTS) is 1. The molecule has 28 heavy (non-hydrogen) atoms. The molecule has 2 aromatic rings. The van der Waals surface area contributed by atoms with Gasteiger partial charge < -0.3 is 10.0 Å². The number of carbonyl (C=O) groups is 2. The average molecular weight is 383 g/mol. The molecule has 0 spiro atoms. The first-order valence-electron chi connectivity index (χ1n) is 9.74. The molecule has 2 aromatic carbocycles. The summed E-state index contributed by atoms with van der Waals surface area (Å²) in [6.07, 6.45) is 2.10. The quantitative estimate of drug-likeness (QED) is 0.819. The number of carboxylic acids is 1. The van der Waals surface area contributed by atoms with Gasteiger partial charge in [-0.25, -0.2) is 4.39 Å². The van der Waals surface area contributed by atoms with E-state index < -0.39 is 11.4 Å². The van der Waals surface area contributed by atoms with E-state index in [1.165, 1.54) is 12.1 Å². The molecule has 1 unspecified atom stereocenters. The Morgan fingerprint density at radius 2 is 1.79 bits per heavy atom. The van der Waals surface area contributed by atoms with Crippen molar-refractivity contribution in [2.45, 2.75) is 38.0 Å². The number of hydrogen-bond acceptors (Lipinski definition) is 2. The van der Waals surface area contributed by atoms with E-state index in [2.05, 4.69) is 0 Å². The molecule has 0 aromatic heterocycles. The van der Waals surface area contributed by atoms with Crippen molar-refractivity contribution in [2.24, 2.45) is 5.92 Å². The summed E-state index contributed by atoms with van der Waals surface area (Å²) >= 11 is 0. The molecular formula is C23H26FNO3. The van der Waals surface area contributed by atoms with E-state index in [9.17, 15) is 19.1 Å². The number of benzene rings is 2. The molecule has 1 aliphatic heterocycles. The summed E-state index contributed by atoms with van der Waals surface area (Å²) in [5.41, 5.74) is 0.754. The summed E-state index contributed by atoms with van der Waals surface area (Å²) in [5.74, 6) is -1.23. The molecule has 0 bridgehead atoms. The highest BCUT2D eigenvalue weighted by Gasteiger charge is 2.44. The van der Waals surface area contributed by atoms with Crippen LogP contribution < -0.4 is 0 Å². The highest BCUT2D eigenvalue weighted by Crippen LogP contribution is 2.36. The normalized spacial score (nSPS) is 17.1. The van der Waals surface area contributed by atoms with Gasteiger partial charge in [-0.05, 0) is 48.9 Å². The van der Waals surface area contributed by atoms with Crippen LogP contribution >= 0.6 is 0 Å².